The smallest absolute Gasteiger partial charge is 0.218 e. The van der Waals surface area contributed by atoms with Gasteiger partial charge in [0.25, 0.3) is 0 Å². The van der Waals surface area contributed by atoms with Gasteiger partial charge in [-0.2, -0.15) is 10.1 Å². The Morgan fingerprint density at radius 2 is 1.91 bits per heavy atom. The molecule has 0 N–H and O–H groups in total. The lowest BCUT2D eigenvalue weighted by atomic mass is 10.2. The molecule has 0 radical (unpaired) electrons. The molecule has 0 fully saturated rings. The van der Waals surface area contributed by atoms with Crippen molar-refractivity contribution in [3.63, 3.8) is 0 Å². The van der Waals surface area contributed by atoms with Crippen LogP contribution in [0.3, 0.4) is 0 Å². The van der Waals surface area contributed by atoms with E-state index in [1.54, 1.807) is 7.11 Å². The summed E-state index contributed by atoms with van der Waals surface area (Å²) in [7, 11) is 1.67. The fourth-order valence-electron chi connectivity index (χ4n) is 2.44. The second-order valence-corrected chi connectivity index (χ2v) is 5.86. The van der Waals surface area contributed by atoms with Crippen molar-refractivity contribution >= 4 is 11.0 Å². The van der Waals surface area contributed by atoms with Crippen LogP contribution in [-0.2, 0) is 6.54 Å². The average molecular weight is 311 g/mol. The lowest BCUT2D eigenvalue weighted by Crippen LogP contribution is -2.08. The second-order valence-electron chi connectivity index (χ2n) is 5.86. The zero-order valence-electron chi connectivity index (χ0n) is 13.9. The predicted molar refractivity (Wildman–Crippen MR) is 90.1 cm³/mol. The minimum Gasteiger partial charge on any atom is -0.497 e. The van der Waals surface area contributed by atoms with Crippen LogP contribution in [0.4, 0.5) is 0 Å². The highest BCUT2D eigenvalue weighted by atomic mass is 16.5. The summed E-state index contributed by atoms with van der Waals surface area (Å²) in [6.45, 7) is 6.69. The molecule has 5 heteroatoms. The molecule has 0 atom stereocenters. The maximum atomic E-state index is 5.73. The molecule has 0 saturated carbocycles. The average Bonchev–Trinajstić information content (AvgIpc) is 2.89. The summed E-state index contributed by atoms with van der Waals surface area (Å²) >= 11 is 0. The van der Waals surface area contributed by atoms with Gasteiger partial charge in [-0.1, -0.05) is 12.1 Å². The fourth-order valence-corrected chi connectivity index (χ4v) is 2.44. The lowest BCUT2D eigenvalue weighted by Gasteiger charge is -2.10. The van der Waals surface area contributed by atoms with Crippen LogP contribution in [0.2, 0.25) is 0 Å². The summed E-state index contributed by atoms with van der Waals surface area (Å²) in [6.07, 6.45) is 2.11. The summed E-state index contributed by atoms with van der Waals surface area (Å²) in [5.74, 6) is 1.51. The van der Waals surface area contributed by atoms with E-state index in [1.807, 2.05) is 55.9 Å². The predicted octanol–water partition coefficient (Wildman–Crippen LogP) is 3.58. The molecule has 0 bridgehead atoms. The molecule has 2 heterocycles. The Morgan fingerprint density at radius 3 is 2.57 bits per heavy atom. The Bertz CT molecular complexity index is 807. The normalized spacial score (nSPS) is 11.2. The summed E-state index contributed by atoms with van der Waals surface area (Å²) in [5, 5.41) is 5.57. The number of fused-ring (bicyclic) bond motifs is 1. The van der Waals surface area contributed by atoms with Crippen molar-refractivity contribution in [2.45, 2.75) is 33.4 Å². The highest BCUT2D eigenvalue weighted by molar-refractivity contribution is 5.75. The van der Waals surface area contributed by atoms with Crippen LogP contribution in [0.1, 0.15) is 25.0 Å². The molecule has 2 aromatic heterocycles. The van der Waals surface area contributed by atoms with Gasteiger partial charge in [-0.15, -0.1) is 0 Å². The van der Waals surface area contributed by atoms with E-state index >= 15 is 0 Å². The minimum absolute atomic E-state index is 0.0973. The van der Waals surface area contributed by atoms with Crippen molar-refractivity contribution < 1.29 is 9.47 Å². The van der Waals surface area contributed by atoms with E-state index in [-0.39, 0.29) is 6.10 Å². The Balaban J connectivity index is 1.86. The van der Waals surface area contributed by atoms with Crippen molar-refractivity contribution in [2.24, 2.45) is 0 Å². The van der Waals surface area contributed by atoms with E-state index in [9.17, 15) is 0 Å². The second kappa shape index (κ2) is 6.28. The number of hydrogen-bond donors (Lipinski definition) is 0. The van der Waals surface area contributed by atoms with Gasteiger partial charge >= 0.3 is 0 Å². The van der Waals surface area contributed by atoms with Crippen LogP contribution in [0.15, 0.2) is 36.5 Å². The van der Waals surface area contributed by atoms with Crippen molar-refractivity contribution in [3.8, 4) is 11.6 Å². The molecular weight excluding hydrogens is 290 g/mol. The Hall–Kier alpha value is -2.56. The topological polar surface area (TPSA) is 49.2 Å². The fraction of sp³-hybridized carbons (Fsp3) is 0.333. The molecule has 0 saturated heterocycles. The first-order valence-electron chi connectivity index (χ1n) is 7.69. The number of benzene rings is 1. The first-order valence-corrected chi connectivity index (χ1v) is 7.69. The molecule has 0 amide bonds. The number of nitrogens with zero attached hydrogens (tertiary/aromatic N) is 3. The number of rotatable bonds is 5. The largest absolute Gasteiger partial charge is 0.497 e. The van der Waals surface area contributed by atoms with Crippen molar-refractivity contribution in [2.75, 3.05) is 7.11 Å². The third-order valence-electron chi connectivity index (χ3n) is 3.54. The molecule has 0 unspecified atom stereocenters. The minimum atomic E-state index is 0.0973. The molecule has 5 nitrogen and oxygen atoms in total. The Morgan fingerprint density at radius 1 is 1.17 bits per heavy atom. The highest BCUT2D eigenvalue weighted by Gasteiger charge is 2.10. The number of aryl methyl sites for hydroxylation is 1. The zero-order valence-corrected chi connectivity index (χ0v) is 13.9. The molecule has 0 aliphatic heterocycles. The molecule has 3 rings (SSSR count). The summed E-state index contributed by atoms with van der Waals surface area (Å²) in [6, 6.07) is 10.1. The maximum absolute atomic E-state index is 5.73. The van der Waals surface area contributed by atoms with Gasteiger partial charge in [-0.25, -0.2) is 0 Å². The van der Waals surface area contributed by atoms with Crippen LogP contribution in [0, 0.1) is 6.92 Å². The first-order chi connectivity index (χ1) is 11.0. The molecule has 23 heavy (non-hydrogen) atoms. The first kappa shape index (κ1) is 15.3. The van der Waals surface area contributed by atoms with Crippen LogP contribution >= 0.6 is 0 Å². The van der Waals surface area contributed by atoms with Gasteiger partial charge in [0.05, 0.1) is 19.8 Å². The standard InChI is InChI=1S/C18H21N3O2/c1-12(2)23-18-13(3)9-15-11-21(20-17(15)19-18)10-14-5-7-16(22-4)8-6-14/h5-9,11-12H,10H2,1-4H3. The Labute approximate surface area is 135 Å². The van der Waals surface area contributed by atoms with E-state index in [0.29, 0.717) is 18.1 Å². The molecule has 0 spiro atoms. The van der Waals surface area contributed by atoms with Crippen molar-refractivity contribution in [1.82, 2.24) is 14.8 Å². The van der Waals surface area contributed by atoms with E-state index in [2.05, 4.69) is 16.1 Å². The van der Waals surface area contributed by atoms with E-state index in [1.165, 1.54) is 0 Å². The van der Waals surface area contributed by atoms with Gasteiger partial charge in [-0.3, -0.25) is 4.68 Å². The van der Waals surface area contributed by atoms with E-state index in [4.69, 9.17) is 9.47 Å². The summed E-state index contributed by atoms with van der Waals surface area (Å²) in [5.41, 5.74) is 2.89. The van der Waals surface area contributed by atoms with Crippen molar-refractivity contribution in [1.29, 1.82) is 0 Å². The number of pyridine rings is 1. The van der Waals surface area contributed by atoms with Crippen molar-refractivity contribution in [3.05, 3.63) is 47.7 Å². The Kier molecular flexibility index (Phi) is 4.19. The quantitative estimate of drug-likeness (QED) is 0.722. The lowest BCUT2D eigenvalue weighted by molar-refractivity contribution is 0.231. The number of methoxy groups -OCH3 is 1. The van der Waals surface area contributed by atoms with Crippen LogP contribution in [-0.4, -0.2) is 28.0 Å². The van der Waals surface area contributed by atoms with Crippen LogP contribution in [0.5, 0.6) is 11.6 Å². The third-order valence-corrected chi connectivity index (χ3v) is 3.54. The van der Waals surface area contributed by atoms with E-state index in [0.717, 1.165) is 22.3 Å². The summed E-state index contributed by atoms with van der Waals surface area (Å²) in [4.78, 5) is 4.53. The number of hydrogen-bond acceptors (Lipinski definition) is 4. The maximum Gasteiger partial charge on any atom is 0.218 e. The molecule has 1 aromatic carbocycles. The van der Waals surface area contributed by atoms with Gasteiger partial charge in [-0.05, 0) is 44.5 Å². The monoisotopic (exact) mass is 311 g/mol. The third kappa shape index (κ3) is 3.44. The van der Waals surface area contributed by atoms with Crippen LogP contribution in [0.25, 0.3) is 11.0 Å². The molecule has 3 aromatic rings. The van der Waals surface area contributed by atoms with Gasteiger partial charge < -0.3 is 9.47 Å². The van der Waals surface area contributed by atoms with Gasteiger partial charge in [0.15, 0.2) is 5.65 Å². The van der Waals surface area contributed by atoms with Gasteiger partial charge in [0.1, 0.15) is 5.75 Å². The van der Waals surface area contributed by atoms with Gasteiger partial charge in [0, 0.05) is 17.1 Å². The van der Waals surface area contributed by atoms with E-state index < -0.39 is 0 Å². The zero-order chi connectivity index (χ0) is 16.4. The summed E-state index contributed by atoms with van der Waals surface area (Å²) < 4.78 is 12.8. The molecule has 120 valence electrons. The molecule has 0 aliphatic carbocycles. The van der Waals surface area contributed by atoms with Gasteiger partial charge in [0.2, 0.25) is 5.88 Å². The molecular formula is C18H21N3O2. The highest BCUT2D eigenvalue weighted by Crippen LogP contribution is 2.22. The van der Waals surface area contributed by atoms with Crippen LogP contribution < -0.4 is 9.47 Å². The SMILES string of the molecule is COc1ccc(Cn2cc3cc(C)c(OC(C)C)nc3n2)cc1. The molecule has 0 aliphatic rings. The number of aromatic nitrogens is 3. The number of ether oxygens (including phenoxy) is 2.